The van der Waals surface area contributed by atoms with Crippen LogP contribution in [-0.2, 0) is 4.79 Å². The zero-order valence-electron chi connectivity index (χ0n) is 8.34. The van der Waals surface area contributed by atoms with Crippen molar-refractivity contribution in [2.24, 2.45) is 5.73 Å². The zero-order valence-corrected chi connectivity index (χ0v) is 8.34. The quantitative estimate of drug-likeness (QED) is 0.625. The molecule has 1 rings (SSSR count). The van der Waals surface area contributed by atoms with Crippen molar-refractivity contribution in [3.63, 3.8) is 0 Å². The van der Waals surface area contributed by atoms with Crippen molar-refractivity contribution in [2.45, 2.75) is 44.7 Å². The normalized spacial score (nSPS) is 22.8. The van der Waals surface area contributed by atoms with Gasteiger partial charge in [-0.15, -0.1) is 0 Å². The highest BCUT2D eigenvalue weighted by molar-refractivity contribution is 5.85. The van der Waals surface area contributed by atoms with Crippen LogP contribution in [0.25, 0.3) is 0 Å². The van der Waals surface area contributed by atoms with E-state index in [-0.39, 0.29) is 11.9 Å². The number of carbonyl (C=O) groups is 1. The molecule has 1 aliphatic rings. The second-order valence-electron chi connectivity index (χ2n) is 4.18. The van der Waals surface area contributed by atoms with Crippen molar-refractivity contribution in [3.05, 3.63) is 12.2 Å². The summed E-state index contributed by atoms with van der Waals surface area (Å²) in [5, 5.41) is 2.94. The molecule has 0 bridgehead atoms. The lowest BCUT2D eigenvalue weighted by molar-refractivity contribution is -0.126. The first-order valence-corrected chi connectivity index (χ1v) is 4.75. The van der Waals surface area contributed by atoms with Crippen LogP contribution in [0.4, 0.5) is 0 Å². The largest absolute Gasteiger partial charge is 0.351 e. The fourth-order valence-electron chi connectivity index (χ4n) is 1.30. The molecule has 0 radical (unpaired) electrons. The van der Waals surface area contributed by atoms with Crippen molar-refractivity contribution in [1.82, 2.24) is 5.32 Å². The van der Waals surface area contributed by atoms with Crippen LogP contribution in [0.3, 0.4) is 0 Å². The molecule has 0 aromatic rings. The van der Waals surface area contributed by atoms with Crippen LogP contribution in [0, 0.1) is 0 Å². The van der Waals surface area contributed by atoms with Gasteiger partial charge in [-0.1, -0.05) is 12.2 Å². The summed E-state index contributed by atoms with van der Waals surface area (Å²) in [4.78, 5) is 11.5. The van der Waals surface area contributed by atoms with E-state index in [9.17, 15) is 4.79 Å². The first-order chi connectivity index (χ1) is 6.00. The maximum atomic E-state index is 11.5. The number of nitrogens with two attached hydrogens (primary N) is 1. The second-order valence-corrected chi connectivity index (χ2v) is 4.18. The maximum Gasteiger partial charge on any atom is 0.239 e. The topological polar surface area (TPSA) is 55.1 Å². The highest BCUT2D eigenvalue weighted by Gasteiger charge is 2.24. The monoisotopic (exact) mass is 182 g/mol. The highest BCUT2D eigenvalue weighted by Crippen LogP contribution is 2.11. The molecule has 13 heavy (non-hydrogen) atoms. The Morgan fingerprint density at radius 2 is 2.23 bits per heavy atom. The zero-order chi connectivity index (χ0) is 9.90. The van der Waals surface area contributed by atoms with Crippen LogP contribution in [0.1, 0.15) is 33.1 Å². The van der Waals surface area contributed by atoms with E-state index in [1.807, 2.05) is 0 Å². The molecule has 1 amide bonds. The van der Waals surface area contributed by atoms with Gasteiger partial charge in [0.1, 0.15) is 0 Å². The Bertz CT molecular complexity index is 215. The maximum absolute atomic E-state index is 11.5. The van der Waals surface area contributed by atoms with Gasteiger partial charge in [0, 0.05) is 6.04 Å². The molecule has 0 heterocycles. The highest BCUT2D eigenvalue weighted by atomic mass is 16.2. The lowest BCUT2D eigenvalue weighted by Crippen LogP contribution is -2.52. The summed E-state index contributed by atoms with van der Waals surface area (Å²) >= 11 is 0. The summed E-state index contributed by atoms with van der Waals surface area (Å²) < 4.78 is 0. The van der Waals surface area contributed by atoms with Crippen molar-refractivity contribution < 1.29 is 4.79 Å². The van der Waals surface area contributed by atoms with Gasteiger partial charge in [-0.05, 0) is 33.1 Å². The molecule has 0 spiro atoms. The first-order valence-electron chi connectivity index (χ1n) is 4.75. The standard InChI is InChI=1S/C10H18N2O/c1-10(2,11)9(13)12-8-6-4-3-5-7-8/h3-4,8H,5-7,11H2,1-2H3,(H,12,13). The lowest BCUT2D eigenvalue weighted by atomic mass is 9.99. The minimum atomic E-state index is -0.763. The molecule has 3 nitrogen and oxygen atoms in total. The average Bonchev–Trinajstić information content (AvgIpc) is 2.04. The van der Waals surface area contributed by atoms with E-state index in [4.69, 9.17) is 5.73 Å². The van der Waals surface area contributed by atoms with E-state index in [1.165, 1.54) is 0 Å². The van der Waals surface area contributed by atoms with Gasteiger partial charge in [-0.25, -0.2) is 0 Å². The van der Waals surface area contributed by atoms with Crippen molar-refractivity contribution >= 4 is 5.91 Å². The van der Waals surface area contributed by atoms with Crippen molar-refractivity contribution in [1.29, 1.82) is 0 Å². The molecule has 0 aromatic heterocycles. The summed E-state index contributed by atoms with van der Waals surface area (Å²) in [7, 11) is 0. The molecular formula is C10H18N2O. The van der Waals surface area contributed by atoms with Crippen LogP contribution >= 0.6 is 0 Å². The predicted octanol–water partition coefficient (Wildman–Crippen LogP) is 0.949. The molecule has 0 aliphatic heterocycles. The smallest absolute Gasteiger partial charge is 0.239 e. The third-order valence-corrected chi connectivity index (χ3v) is 2.19. The van der Waals surface area contributed by atoms with Crippen molar-refractivity contribution in [3.8, 4) is 0 Å². The molecule has 0 saturated carbocycles. The van der Waals surface area contributed by atoms with Gasteiger partial charge in [0.05, 0.1) is 5.54 Å². The molecule has 1 aliphatic carbocycles. The lowest BCUT2D eigenvalue weighted by Gasteiger charge is -2.24. The van der Waals surface area contributed by atoms with Crippen LogP contribution in [0.2, 0.25) is 0 Å². The Morgan fingerprint density at radius 3 is 2.69 bits per heavy atom. The Kier molecular flexibility index (Phi) is 3.09. The first kappa shape index (κ1) is 10.3. The molecule has 3 heteroatoms. The van der Waals surface area contributed by atoms with Gasteiger partial charge in [-0.3, -0.25) is 4.79 Å². The summed E-state index contributed by atoms with van der Waals surface area (Å²) in [6, 6.07) is 0.278. The molecule has 1 unspecified atom stereocenters. The number of hydrogen-bond acceptors (Lipinski definition) is 2. The van der Waals surface area contributed by atoms with Crippen LogP contribution in [-0.4, -0.2) is 17.5 Å². The molecule has 0 fully saturated rings. The van der Waals surface area contributed by atoms with Crippen LogP contribution in [0.5, 0.6) is 0 Å². The summed E-state index contributed by atoms with van der Waals surface area (Å²) in [5.74, 6) is -0.0622. The van der Waals surface area contributed by atoms with E-state index in [2.05, 4.69) is 17.5 Å². The van der Waals surface area contributed by atoms with Gasteiger partial charge >= 0.3 is 0 Å². The summed E-state index contributed by atoms with van der Waals surface area (Å²) in [5.41, 5.74) is 4.90. The molecule has 3 N–H and O–H groups in total. The number of rotatable bonds is 2. The fraction of sp³-hybridized carbons (Fsp3) is 0.700. The Hall–Kier alpha value is -0.830. The van der Waals surface area contributed by atoms with Gasteiger partial charge in [0.15, 0.2) is 0 Å². The average molecular weight is 182 g/mol. The second kappa shape index (κ2) is 3.92. The van der Waals surface area contributed by atoms with Gasteiger partial charge in [0.2, 0.25) is 5.91 Å². The molecule has 0 aromatic carbocycles. The van der Waals surface area contributed by atoms with E-state index >= 15 is 0 Å². The Labute approximate surface area is 79.4 Å². The SMILES string of the molecule is CC(C)(N)C(=O)NC1CC=CCC1. The summed E-state index contributed by atoms with van der Waals surface area (Å²) in [6.45, 7) is 3.45. The minimum Gasteiger partial charge on any atom is -0.351 e. The van der Waals surface area contributed by atoms with Gasteiger partial charge in [-0.2, -0.15) is 0 Å². The molecule has 74 valence electrons. The number of hydrogen-bond donors (Lipinski definition) is 2. The van der Waals surface area contributed by atoms with E-state index < -0.39 is 5.54 Å². The van der Waals surface area contributed by atoms with E-state index in [0.29, 0.717) is 0 Å². The van der Waals surface area contributed by atoms with Crippen molar-refractivity contribution in [2.75, 3.05) is 0 Å². The minimum absolute atomic E-state index is 0.0622. The number of amides is 1. The Morgan fingerprint density at radius 1 is 1.54 bits per heavy atom. The third kappa shape index (κ3) is 3.19. The summed E-state index contributed by atoms with van der Waals surface area (Å²) in [6.07, 6.45) is 7.27. The number of carbonyl (C=O) groups excluding carboxylic acids is 1. The third-order valence-electron chi connectivity index (χ3n) is 2.19. The predicted molar refractivity (Wildman–Crippen MR) is 53.2 cm³/mol. The number of allylic oxidation sites excluding steroid dienone is 1. The fourth-order valence-corrected chi connectivity index (χ4v) is 1.30. The van der Waals surface area contributed by atoms with Crippen LogP contribution < -0.4 is 11.1 Å². The molecule has 0 saturated heterocycles. The van der Waals surface area contributed by atoms with Gasteiger partial charge in [0.25, 0.3) is 0 Å². The Balaban J connectivity index is 2.40. The van der Waals surface area contributed by atoms with E-state index in [1.54, 1.807) is 13.8 Å². The molecule has 1 atom stereocenters. The van der Waals surface area contributed by atoms with Gasteiger partial charge < -0.3 is 11.1 Å². The van der Waals surface area contributed by atoms with E-state index in [0.717, 1.165) is 19.3 Å². The van der Waals surface area contributed by atoms with Crippen LogP contribution in [0.15, 0.2) is 12.2 Å². The molecular weight excluding hydrogens is 164 g/mol. The number of nitrogens with one attached hydrogen (secondary N) is 1.